The van der Waals surface area contributed by atoms with Crippen molar-refractivity contribution in [2.24, 2.45) is 11.8 Å². The highest BCUT2D eigenvalue weighted by Gasteiger charge is 2.49. The topological polar surface area (TPSA) is 36.3 Å². The molecule has 1 aliphatic rings. The molecule has 120 valence electrons. The summed E-state index contributed by atoms with van der Waals surface area (Å²) in [6, 6.07) is 7.01. The highest BCUT2D eigenvalue weighted by atomic mass is 19.1. The van der Waals surface area contributed by atoms with Crippen molar-refractivity contribution in [3.8, 4) is 6.07 Å². The van der Waals surface area contributed by atoms with E-state index in [2.05, 4.69) is 11.8 Å². The number of benzene rings is 1. The van der Waals surface area contributed by atoms with Crippen molar-refractivity contribution in [1.82, 2.24) is 4.90 Å². The predicted octanol–water partition coefficient (Wildman–Crippen LogP) is 3.54. The van der Waals surface area contributed by atoms with Gasteiger partial charge in [0.05, 0.1) is 5.56 Å². The number of hydrogen-bond donors (Lipinski definition) is 0. The fourth-order valence-corrected chi connectivity index (χ4v) is 4.05. The van der Waals surface area contributed by atoms with Crippen LogP contribution in [-0.4, -0.2) is 32.6 Å². The van der Waals surface area contributed by atoms with E-state index in [1.165, 1.54) is 6.07 Å². The van der Waals surface area contributed by atoms with Gasteiger partial charge in [0.15, 0.2) is 0 Å². The number of halogens is 1. The summed E-state index contributed by atoms with van der Waals surface area (Å²) >= 11 is 0. The Morgan fingerprint density at radius 1 is 1.41 bits per heavy atom. The third kappa shape index (κ3) is 2.76. The second kappa shape index (κ2) is 6.76. The molecular formula is C18H25FN2O. The molecule has 0 bridgehead atoms. The van der Waals surface area contributed by atoms with Gasteiger partial charge in [0.25, 0.3) is 0 Å². The normalized spacial score (nSPS) is 28.6. The van der Waals surface area contributed by atoms with Crippen molar-refractivity contribution in [3.05, 3.63) is 35.1 Å². The van der Waals surface area contributed by atoms with Crippen LogP contribution in [0.1, 0.15) is 37.3 Å². The van der Waals surface area contributed by atoms with Gasteiger partial charge in [-0.05, 0) is 38.9 Å². The molecule has 1 aliphatic carbocycles. The maximum absolute atomic E-state index is 14.9. The van der Waals surface area contributed by atoms with E-state index in [9.17, 15) is 4.39 Å². The maximum atomic E-state index is 14.9. The van der Waals surface area contributed by atoms with E-state index in [1.807, 2.05) is 20.2 Å². The largest absolute Gasteiger partial charge is 0.373 e. The van der Waals surface area contributed by atoms with Crippen molar-refractivity contribution in [2.45, 2.75) is 31.8 Å². The predicted molar refractivity (Wildman–Crippen MR) is 84.9 cm³/mol. The summed E-state index contributed by atoms with van der Waals surface area (Å²) in [5.41, 5.74) is -0.0390. The average Bonchev–Trinajstić information content (AvgIpc) is 2.48. The van der Waals surface area contributed by atoms with Crippen LogP contribution in [0.5, 0.6) is 0 Å². The first kappa shape index (κ1) is 16.9. The smallest absolute Gasteiger partial charge is 0.147 e. The molecular weight excluding hydrogens is 279 g/mol. The molecule has 1 saturated carbocycles. The average molecular weight is 304 g/mol. The van der Waals surface area contributed by atoms with E-state index >= 15 is 0 Å². The van der Waals surface area contributed by atoms with Crippen LogP contribution in [0.2, 0.25) is 0 Å². The van der Waals surface area contributed by atoms with Gasteiger partial charge in [-0.3, -0.25) is 0 Å². The van der Waals surface area contributed by atoms with Gasteiger partial charge in [-0.15, -0.1) is 0 Å². The Bertz CT molecular complexity index is 567. The lowest BCUT2D eigenvalue weighted by Gasteiger charge is -2.49. The van der Waals surface area contributed by atoms with Crippen molar-refractivity contribution in [3.63, 3.8) is 0 Å². The first-order chi connectivity index (χ1) is 10.5. The molecule has 0 aromatic heterocycles. The monoisotopic (exact) mass is 304 g/mol. The molecule has 2 rings (SSSR count). The van der Waals surface area contributed by atoms with Gasteiger partial charge in [-0.2, -0.15) is 5.26 Å². The summed E-state index contributed by atoms with van der Waals surface area (Å²) in [5.74, 6) is -0.0105. The van der Waals surface area contributed by atoms with Crippen LogP contribution >= 0.6 is 0 Å². The molecule has 1 aromatic carbocycles. The van der Waals surface area contributed by atoms with Gasteiger partial charge in [-0.1, -0.05) is 25.5 Å². The molecule has 22 heavy (non-hydrogen) atoms. The van der Waals surface area contributed by atoms with E-state index in [0.717, 1.165) is 25.8 Å². The molecule has 0 heterocycles. The summed E-state index contributed by atoms with van der Waals surface area (Å²) in [6.45, 7) is 2.97. The quantitative estimate of drug-likeness (QED) is 0.853. The lowest BCUT2D eigenvalue weighted by atomic mass is 9.65. The van der Waals surface area contributed by atoms with E-state index < -0.39 is 11.4 Å². The zero-order valence-corrected chi connectivity index (χ0v) is 13.9. The maximum Gasteiger partial charge on any atom is 0.147 e. The number of rotatable bonds is 4. The summed E-state index contributed by atoms with van der Waals surface area (Å²) < 4.78 is 20.9. The summed E-state index contributed by atoms with van der Waals surface area (Å²) in [4.78, 5) is 2.13. The Balaban J connectivity index is 2.59. The molecule has 0 saturated heterocycles. The number of nitrogens with zero attached hydrogens (tertiary/aromatic N) is 2. The molecule has 3 atom stereocenters. The fourth-order valence-electron chi connectivity index (χ4n) is 4.05. The van der Waals surface area contributed by atoms with Gasteiger partial charge < -0.3 is 9.64 Å². The molecule has 4 heteroatoms. The van der Waals surface area contributed by atoms with Gasteiger partial charge in [0.2, 0.25) is 0 Å². The van der Waals surface area contributed by atoms with E-state index in [0.29, 0.717) is 5.56 Å². The van der Waals surface area contributed by atoms with Crippen LogP contribution in [0.3, 0.4) is 0 Å². The number of ether oxygens (including phenoxy) is 1. The fraction of sp³-hybridized carbons (Fsp3) is 0.611. The Labute approximate surface area is 132 Å². The Kier molecular flexibility index (Phi) is 5.20. The number of methoxy groups -OCH3 is 1. The molecule has 0 radical (unpaired) electrons. The highest BCUT2D eigenvalue weighted by molar-refractivity contribution is 5.39. The molecule has 3 unspecified atom stereocenters. The first-order valence-corrected chi connectivity index (χ1v) is 7.86. The zero-order valence-electron chi connectivity index (χ0n) is 13.9. The van der Waals surface area contributed by atoms with Gasteiger partial charge in [0, 0.05) is 25.1 Å². The molecule has 0 N–H and O–H groups in total. The first-order valence-electron chi connectivity index (χ1n) is 7.86. The van der Waals surface area contributed by atoms with Gasteiger partial charge in [-0.25, -0.2) is 4.39 Å². The summed E-state index contributed by atoms with van der Waals surface area (Å²) in [6.07, 6.45) is 3.14. The Morgan fingerprint density at radius 3 is 2.73 bits per heavy atom. The van der Waals surface area contributed by atoms with Crippen LogP contribution in [0.25, 0.3) is 0 Å². The van der Waals surface area contributed by atoms with E-state index in [1.54, 1.807) is 19.2 Å². The third-order valence-electron chi connectivity index (χ3n) is 4.99. The van der Waals surface area contributed by atoms with Crippen LogP contribution in [-0.2, 0) is 10.3 Å². The Hall–Kier alpha value is -1.44. The van der Waals surface area contributed by atoms with Gasteiger partial charge in [0.1, 0.15) is 17.5 Å². The lowest BCUT2D eigenvalue weighted by molar-refractivity contribution is -0.132. The molecule has 0 spiro atoms. The lowest BCUT2D eigenvalue weighted by Crippen LogP contribution is -2.50. The molecule has 3 nitrogen and oxygen atoms in total. The number of nitriles is 1. The third-order valence-corrected chi connectivity index (χ3v) is 4.99. The highest BCUT2D eigenvalue weighted by Crippen LogP contribution is 2.49. The minimum atomic E-state index is -0.667. The SMILES string of the molecule is COC1(c2cccc(C#N)c2F)C(C)CCCC1CN(C)C. The minimum absolute atomic E-state index is 0.0929. The van der Waals surface area contributed by atoms with Crippen LogP contribution < -0.4 is 0 Å². The second-order valence-electron chi connectivity index (χ2n) is 6.57. The minimum Gasteiger partial charge on any atom is -0.373 e. The van der Waals surface area contributed by atoms with E-state index in [-0.39, 0.29) is 17.4 Å². The number of hydrogen-bond acceptors (Lipinski definition) is 3. The van der Waals surface area contributed by atoms with Crippen LogP contribution in [0.4, 0.5) is 4.39 Å². The summed E-state index contributed by atoms with van der Waals surface area (Å²) in [7, 11) is 5.73. The Morgan fingerprint density at radius 2 is 2.14 bits per heavy atom. The molecule has 0 aliphatic heterocycles. The molecule has 0 amide bonds. The van der Waals surface area contributed by atoms with Crippen LogP contribution in [0, 0.1) is 29.0 Å². The standard InChI is InChI=1S/C18H25FN2O/c1-13-7-5-9-15(12-21(2)3)18(13,22-4)16-10-6-8-14(11-20)17(16)19/h6,8,10,13,15H,5,7,9,12H2,1-4H3. The van der Waals surface area contributed by atoms with Crippen molar-refractivity contribution >= 4 is 0 Å². The van der Waals surface area contributed by atoms with E-state index in [4.69, 9.17) is 10.00 Å². The van der Waals surface area contributed by atoms with Crippen LogP contribution in [0.15, 0.2) is 18.2 Å². The zero-order chi connectivity index (χ0) is 16.3. The van der Waals surface area contributed by atoms with Crippen molar-refractivity contribution in [2.75, 3.05) is 27.7 Å². The van der Waals surface area contributed by atoms with Gasteiger partial charge >= 0.3 is 0 Å². The molecule has 1 fully saturated rings. The summed E-state index contributed by atoms with van der Waals surface area (Å²) in [5, 5.41) is 9.14. The second-order valence-corrected chi connectivity index (χ2v) is 6.57. The molecule has 1 aromatic rings. The van der Waals surface area contributed by atoms with Crippen molar-refractivity contribution < 1.29 is 9.13 Å². The van der Waals surface area contributed by atoms with Crippen molar-refractivity contribution in [1.29, 1.82) is 5.26 Å².